The Morgan fingerprint density at radius 1 is 1.35 bits per heavy atom. The SMILES string of the molecule is CN(C1CCN(CCn2cccn2)CC1)S(=O)(=O)c1ccsc1. The van der Waals surface area contributed by atoms with Gasteiger partial charge in [-0.3, -0.25) is 4.68 Å². The van der Waals surface area contributed by atoms with E-state index >= 15 is 0 Å². The highest BCUT2D eigenvalue weighted by molar-refractivity contribution is 7.89. The van der Waals surface area contributed by atoms with Crippen molar-refractivity contribution in [1.29, 1.82) is 0 Å². The maximum absolute atomic E-state index is 12.6. The zero-order chi connectivity index (χ0) is 16.3. The number of piperidine rings is 1. The maximum atomic E-state index is 12.6. The first-order chi connectivity index (χ1) is 11.1. The van der Waals surface area contributed by atoms with Crippen molar-refractivity contribution in [1.82, 2.24) is 19.0 Å². The summed E-state index contributed by atoms with van der Waals surface area (Å²) < 4.78 is 28.6. The summed E-state index contributed by atoms with van der Waals surface area (Å²) in [6, 6.07) is 3.69. The third kappa shape index (κ3) is 3.82. The number of hydrogen-bond acceptors (Lipinski definition) is 5. The van der Waals surface area contributed by atoms with Gasteiger partial charge in [0.1, 0.15) is 0 Å². The monoisotopic (exact) mass is 354 g/mol. The van der Waals surface area contributed by atoms with Crippen LogP contribution in [-0.4, -0.2) is 60.1 Å². The minimum Gasteiger partial charge on any atom is -0.301 e. The largest absolute Gasteiger partial charge is 0.301 e. The van der Waals surface area contributed by atoms with E-state index in [0.29, 0.717) is 4.90 Å². The van der Waals surface area contributed by atoms with E-state index in [0.717, 1.165) is 39.0 Å². The average molecular weight is 355 g/mol. The molecule has 0 amide bonds. The maximum Gasteiger partial charge on any atom is 0.243 e. The smallest absolute Gasteiger partial charge is 0.243 e. The third-order valence-electron chi connectivity index (χ3n) is 4.45. The lowest BCUT2D eigenvalue weighted by Gasteiger charge is -2.36. The van der Waals surface area contributed by atoms with E-state index in [1.54, 1.807) is 34.4 Å². The van der Waals surface area contributed by atoms with Gasteiger partial charge in [0.2, 0.25) is 10.0 Å². The van der Waals surface area contributed by atoms with Crippen LogP contribution in [0.5, 0.6) is 0 Å². The molecule has 0 atom stereocenters. The van der Waals surface area contributed by atoms with E-state index in [2.05, 4.69) is 10.00 Å². The Labute approximate surface area is 141 Å². The van der Waals surface area contributed by atoms with Crippen LogP contribution in [0.3, 0.4) is 0 Å². The fraction of sp³-hybridized carbons (Fsp3) is 0.533. The molecule has 0 aromatic carbocycles. The van der Waals surface area contributed by atoms with Crippen molar-refractivity contribution >= 4 is 21.4 Å². The topological polar surface area (TPSA) is 58.4 Å². The first-order valence-corrected chi connectivity index (χ1v) is 10.2. The molecule has 3 rings (SSSR count). The van der Waals surface area contributed by atoms with Crippen molar-refractivity contribution in [3.63, 3.8) is 0 Å². The summed E-state index contributed by atoms with van der Waals surface area (Å²) >= 11 is 1.41. The van der Waals surface area contributed by atoms with E-state index in [-0.39, 0.29) is 6.04 Å². The number of sulfonamides is 1. The molecule has 23 heavy (non-hydrogen) atoms. The Bertz CT molecular complexity index is 690. The van der Waals surface area contributed by atoms with E-state index in [1.165, 1.54) is 11.3 Å². The predicted octanol–water partition coefficient (Wildman–Crippen LogP) is 1.73. The summed E-state index contributed by atoms with van der Waals surface area (Å²) in [4.78, 5) is 2.79. The second-order valence-corrected chi connectivity index (χ2v) is 8.60. The first-order valence-electron chi connectivity index (χ1n) is 7.77. The molecule has 8 heteroatoms. The standard InChI is InChI=1S/C15H22N4O2S2/c1-17(23(20,21)15-5-12-22-13-15)14-3-8-18(9-4-14)10-11-19-7-2-6-16-19/h2,5-7,12-14H,3-4,8-11H2,1H3. The van der Waals surface area contributed by atoms with Crippen molar-refractivity contribution in [3.05, 3.63) is 35.3 Å². The first kappa shape index (κ1) is 16.6. The molecular formula is C15H22N4O2S2. The van der Waals surface area contributed by atoms with Crippen LogP contribution in [-0.2, 0) is 16.6 Å². The van der Waals surface area contributed by atoms with Gasteiger partial charge in [-0.1, -0.05) is 0 Å². The Morgan fingerprint density at radius 3 is 2.74 bits per heavy atom. The molecule has 0 radical (unpaired) electrons. The molecule has 0 unspecified atom stereocenters. The fourth-order valence-electron chi connectivity index (χ4n) is 2.94. The zero-order valence-electron chi connectivity index (χ0n) is 13.2. The lowest BCUT2D eigenvalue weighted by atomic mass is 10.1. The molecular weight excluding hydrogens is 332 g/mol. The Balaban J connectivity index is 1.52. The minimum absolute atomic E-state index is 0.0841. The lowest BCUT2D eigenvalue weighted by molar-refractivity contribution is 0.164. The molecule has 1 aliphatic heterocycles. The summed E-state index contributed by atoms with van der Waals surface area (Å²) in [5.41, 5.74) is 0. The second-order valence-electron chi connectivity index (χ2n) is 5.82. The number of thiophene rings is 1. The predicted molar refractivity (Wildman–Crippen MR) is 91.0 cm³/mol. The van der Waals surface area contributed by atoms with Crippen LogP contribution in [0.1, 0.15) is 12.8 Å². The van der Waals surface area contributed by atoms with Gasteiger partial charge in [0.25, 0.3) is 0 Å². The number of likely N-dealkylation sites (tertiary alicyclic amines) is 1. The van der Waals surface area contributed by atoms with Crippen LogP contribution in [0, 0.1) is 0 Å². The summed E-state index contributed by atoms with van der Waals surface area (Å²) in [5.74, 6) is 0. The molecule has 0 spiro atoms. The Morgan fingerprint density at radius 2 is 2.13 bits per heavy atom. The van der Waals surface area contributed by atoms with Gasteiger partial charge in [0, 0.05) is 37.4 Å². The molecule has 2 aromatic heterocycles. The van der Waals surface area contributed by atoms with Gasteiger partial charge < -0.3 is 4.90 Å². The zero-order valence-corrected chi connectivity index (χ0v) is 14.8. The van der Waals surface area contributed by atoms with Gasteiger partial charge in [0.05, 0.1) is 11.4 Å². The number of nitrogens with zero attached hydrogens (tertiary/aromatic N) is 4. The Hall–Kier alpha value is -1.22. The van der Waals surface area contributed by atoms with Crippen LogP contribution in [0.4, 0.5) is 0 Å². The summed E-state index contributed by atoms with van der Waals surface area (Å²) in [6.45, 7) is 3.68. The number of rotatable bonds is 6. The highest BCUT2D eigenvalue weighted by atomic mass is 32.2. The lowest BCUT2D eigenvalue weighted by Crippen LogP contribution is -2.46. The van der Waals surface area contributed by atoms with Crippen molar-refractivity contribution in [3.8, 4) is 0 Å². The summed E-state index contributed by atoms with van der Waals surface area (Å²) in [6.07, 6.45) is 5.50. The van der Waals surface area contributed by atoms with Gasteiger partial charge in [-0.05, 0) is 43.4 Å². The normalized spacial score (nSPS) is 17.8. The van der Waals surface area contributed by atoms with Gasteiger partial charge in [-0.25, -0.2) is 8.42 Å². The van der Waals surface area contributed by atoms with Crippen LogP contribution < -0.4 is 0 Å². The molecule has 2 aromatic rings. The molecule has 1 fully saturated rings. The highest BCUT2D eigenvalue weighted by Crippen LogP contribution is 2.24. The number of aromatic nitrogens is 2. The van der Waals surface area contributed by atoms with E-state index in [9.17, 15) is 8.42 Å². The summed E-state index contributed by atoms with van der Waals surface area (Å²) in [5, 5.41) is 7.71. The second kappa shape index (κ2) is 7.12. The van der Waals surface area contributed by atoms with Gasteiger partial charge in [0.15, 0.2) is 0 Å². The van der Waals surface area contributed by atoms with Crippen molar-refractivity contribution in [2.75, 3.05) is 26.7 Å². The van der Waals surface area contributed by atoms with Crippen LogP contribution in [0.15, 0.2) is 40.2 Å². The van der Waals surface area contributed by atoms with Crippen molar-refractivity contribution in [2.45, 2.75) is 30.3 Å². The molecule has 126 valence electrons. The quantitative estimate of drug-likeness (QED) is 0.793. The van der Waals surface area contributed by atoms with Crippen LogP contribution in [0.25, 0.3) is 0 Å². The Kier molecular flexibility index (Phi) is 5.15. The summed E-state index contributed by atoms with van der Waals surface area (Å²) in [7, 11) is -1.64. The molecule has 0 aliphatic carbocycles. The van der Waals surface area contributed by atoms with E-state index < -0.39 is 10.0 Å². The van der Waals surface area contributed by atoms with E-state index in [1.807, 2.05) is 16.9 Å². The van der Waals surface area contributed by atoms with Gasteiger partial charge in [-0.2, -0.15) is 20.7 Å². The highest BCUT2D eigenvalue weighted by Gasteiger charge is 2.30. The van der Waals surface area contributed by atoms with Crippen LogP contribution >= 0.6 is 11.3 Å². The van der Waals surface area contributed by atoms with Gasteiger partial charge >= 0.3 is 0 Å². The molecule has 1 saturated heterocycles. The third-order valence-corrected chi connectivity index (χ3v) is 7.19. The van der Waals surface area contributed by atoms with Crippen LogP contribution in [0.2, 0.25) is 0 Å². The molecule has 0 bridgehead atoms. The fourth-order valence-corrected chi connectivity index (χ4v) is 5.38. The molecule has 3 heterocycles. The number of hydrogen-bond donors (Lipinski definition) is 0. The molecule has 6 nitrogen and oxygen atoms in total. The van der Waals surface area contributed by atoms with Crippen molar-refractivity contribution < 1.29 is 8.42 Å². The molecule has 0 saturated carbocycles. The molecule has 1 aliphatic rings. The average Bonchev–Trinajstić information content (AvgIpc) is 3.26. The van der Waals surface area contributed by atoms with E-state index in [4.69, 9.17) is 0 Å². The minimum atomic E-state index is -3.35. The van der Waals surface area contributed by atoms with Crippen molar-refractivity contribution in [2.24, 2.45) is 0 Å². The molecule has 0 N–H and O–H groups in total. The van der Waals surface area contributed by atoms with Gasteiger partial charge in [-0.15, -0.1) is 0 Å².